The van der Waals surface area contributed by atoms with Gasteiger partial charge >= 0.3 is 11.8 Å². The molecule has 0 aliphatic heterocycles. The number of carbonyl (C=O) groups excluding carboxylic acids is 2. The first-order chi connectivity index (χ1) is 12.1. The van der Waals surface area contributed by atoms with Crippen molar-refractivity contribution >= 4 is 17.5 Å². The summed E-state index contributed by atoms with van der Waals surface area (Å²) in [5.74, 6) is -1.41. The normalized spacial score (nSPS) is 11.6. The standard InChI is InChI=1S/C20H24N2O3/c1-2-15-7-6-10-18(13-15)22-20(25)19(24)21-14-17(11-12-23)16-8-4-3-5-9-16/h3-10,13,17,23H,2,11-12,14H2,1H3,(H,21,24)(H,22,25). The molecule has 132 valence electrons. The van der Waals surface area contributed by atoms with Crippen molar-refractivity contribution in [2.75, 3.05) is 18.5 Å². The molecular formula is C20H24N2O3. The van der Waals surface area contributed by atoms with Crippen LogP contribution in [0.2, 0.25) is 0 Å². The minimum Gasteiger partial charge on any atom is -0.396 e. The van der Waals surface area contributed by atoms with Crippen molar-refractivity contribution < 1.29 is 14.7 Å². The molecule has 3 N–H and O–H groups in total. The van der Waals surface area contributed by atoms with Gasteiger partial charge in [0.05, 0.1) is 0 Å². The number of anilines is 1. The molecule has 0 aliphatic rings. The summed E-state index contributed by atoms with van der Waals surface area (Å²) in [7, 11) is 0. The zero-order valence-electron chi connectivity index (χ0n) is 14.4. The Balaban J connectivity index is 1.92. The summed E-state index contributed by atoms with van der Waals surface area (Å²) in [5, 5.41) is 14.5. The predicted molar refractivity (Wildman–Crippen MR) is 98.3 cm³/mol. The summed E-state index contributed by atoms with van der Waals surface area (Å²) in [6, 6.07) is 17.0. The van der Waals surface area contributed by atoms with Gasteiger partial charge in [0.1, 0.15) is 0 Å². The van der Waals surface area contributed by atoms with E-state index in [1.165, 1.54) is 0 Å². The second kappa shape index (κ2) is 9.59. The molecule has 1 atom stereocenters. The third-order valence-electron chi connectivity index (χ3n) is 4.06. The van der Waals surface area contributed by atoms with Crippen molar-refractivity contribution in [3.05, 3.63) is 65.7 Å². The molecule has 0 spiro atoms. The summed E-state index contributed by atoms with van der Waals surface area (Å²) in [5.41, 5.74) is 2.72. The van der Waals surface area contributed by atoms with Gasteiger partial charge in [0, 0.05) is 24.8 Å². The Morgan fingerprint density at radius 2 is 1.80 bits per heavy atom. The number of hydrogen-bond acceptors (Lipinski definition) is 3. The van der Waals surface area contributed by atoms with Crippen LogP contribution >= 0.6 is 0 Å². The first-order valence-electron chi connectivity index (χ1n) is 8.48. The van der Waals surface area contributed by atoms with Gasteiger partial charge in [0.2, 0.25) is 0 Å². The van der Waals surface area contributed by atoms with E-state index in [0.29, 0.717) is 18.7 Å². The van der Waals surface area contributed by atoms with E-state index in [9.17, 15) is 14.7 Å². The molecular weight excluding hydrogens is 316 g/mol. The molecule has 2 rings (SSSR count). The van der Waals surface area contributed by atoms with Gasteiger partial charge in [0.25, 0.3) is 0 Å². The highest BCUT2D eigenvalue weighted by molar-refractivity contribution is 6.39. The molecule has 25 heavy (non-hydrogen) atoms. The van der Waals surface area contributed by atoms with Crippen LogP contribution in [0.3, 0.4) is 0 Å². The highest BCUT2D eigenvalue weighted by Crippen LogP contribution is 2.18. The van der Waals surface area contributed by atoms with Crippen LogP contribution in [0.1, 0.15) is 30.4 Å². The van der Waals surface area contributed by atoms with E-state index in [2.05, 4.69) is 10.6 Å². The Morgan fingerprint density at radius 1 is 1.04 bits per heavy atom. The van der Waals surface area contributed by atoms with Crippen molar-refractivity contribution in [2.24, 2.45) is 0 Å². The molecule has 2 amide bonds. The van der Waals surface area contributed by atoms with E-state index in [4.69, 9.17) is 0 Å². The summed E-state index contributed by atoms with van der Waals surface area (Å²) >= 11 is 0. The van der Waals surface area contributed by atoms with Gasteiger partial charge in [-0.15, -0.1) is 0 Å². The largest absolute Gasteiger partial charge is 0.396 e. The lowest BCUT2D eigenvalue weighted by atomic mass is 9.96. The number of amides is 2. The number of aryl methyl sites for hydroxylation is 1. The number of nitrogens with one attached hydrogen (secondary N) is 2. The van der Waals surface area contributed by atoms with Gasteiger partial charge in [-0.2, -0.15) is 0 Å². The van der Waals surface area contributed by atoms with Crippen LogP contribution in [0.25, 0.3) is 0 Å². The summed E-state index contributed by atoms with van der Waals surface area (Å²) < 4.78 is 0. The van der Waals surface area contributed by atoms with Gasteiger partial charge < -0.3 is 15.7 Å². The first kappa shape index (κ1) is 18.7. The average Bonchev–Trinajstić information content (AvgIpc) is 2.65. The summed E-state index contributed by atoms with van der Waals surface area (Å²) in [6.45, 7) is 2.34. The van der Waals surface area contributed by atoms with Crippen molar-refractivity contribution in [2.45, 2.75) is 25.7 Å². The van der Waals surface area contributed by atoms with E-state index in [1.54, 1.807) is 6.07 Å². The second-order valence-corrected chi connectivity index (χ2v) is 5.84. The van der Waals surface area contributed by atoms with Crippen LogP contribution in [0.5, 0.6) is 0 Å². The fraction of sp³-hybridized carbons (Fsp3) is 0.300. The zero-order chi connectivity index (χ0) is 18.1. The molecule has 1 unspecified atom stereocenters. The van der Waals surface area contributed by atoms with Crippen molar-refractivity contribution in [3.63, 3.8) is 0 Å². The Kier molecular flexibility index (Phi) is 7.16. The fourth-order valence-corrected chi connectivity index (χ4v) is 2.62. The Labute approximate surface area is 148 Å². The number of aliphatic hydroxyl groups excluding tert-OH is 1. The summed E-state index contributed by atoms with van der Waals surface area (Å²) in [6.07, 6.45) is 1.38. The number of carbonyl (C=O) groups is 2. The minimum atomic E-state index is -0.691. The maximum atomic E-state index is 12.1. The highest BCUT2D eigenvalue weighted by atomic mass is 16.3. The highest BCUT2D eigenvalue weighted by Gasteiger charge is 2.17. The summed E-state index contributed by atoms with van der Waals surface area (Å²) in [4.78, 5) is 24.1. The van der Waals surface area contributed by atoms with Gasteiger partial charge in [-0.3, -0.25) is 9.59 Å². The molecule has 0 bridgehead atoms. The molecule has 5 heteroatoms. The Hall–Kier alpha value is -2.66. The third kappa shape index (κ3) is 5.72. The van der Waals surface area contributed by atoms with E-state index in [1.807, 2.05) is 55.5 Å². The molecule has 2 aromatic rings. The van der Waals surface area contributed by atoms with Crippen molar-refractivity contribution in [1.29, 1.82) is 0 Å². The lowest BCUT2D eigenvalue weighted by Crippen LogP contribution is -2.37. The number of rotatable bonds is 7. The first-order valence-corrected chi connectivity index (χ1v) is 8.48. The maximum Gasteiger partial charge on any atom is 0.313 e. The Bertz CT molecular complexity index is 701. The molecule has 5 nitrogen and oxygen atoms in total. The molecule has 0 aliphatic carbocycles. The zero-order valence-corrected chi connectivity index (χ0v) is 14.4. The van der Waals surface area contributed by atoms with Gasteiger partial charge in [-0.1, -0.05) is 49.4 Å². The van der Waals surface area contributed by atoms with E-state index < -0.39 is 11.8 Å². The van der Waals surface area contributed by atoms with Crippen LogP contribution in [0.15, 0.2) is 54.6 Å². The van der Waals surface area contributed by atoms with E-state index in [0.717, 1.165) is 17.5 Å². The number of benzene rings is 2. The van der Waals surface area contributed by atoms with Gasteiger partial charge in [-0.05, 0) is 36.1 Å². The van der Waals surface area contributed by atoms with Gasteiger partial charge in [-0.25, -0.2) is 0 Å². The SMILES string of the molecule is CCc1cccc(NC(=O)C(=O)NCC(CCO)c2ccccc2)c1. The number of aliphatic hydroxyl groups is 1. The molecule has 0 radical (unpaired) electrons. The van der Waals surface area contributed by atoms with Crippen LogP contribution in [-0.4, -0.2) is 30.1 Å². The molecule has 0 aromatic heterocycles. The van der Waals surface area contributed by atoms with Crippen LogP contribution in [0, 0.1) is 0 Å². The predicted octanol–water partition coefficient (Wildman–Crippen LogP) is 2.47. The smallest absolute Gasteiger partial charge is 0.313 e. The Morgan fingerprint density at radius 3 is 2.48 bits per heavy atom. The van der Waals surface area contributed by atoms with Gasteiger partial charge in [0.15, 0.2) is 0 Å². The van der Waals surface area contributed by atoms with Crippen LogP contribution in [0.4, 0.5) is 5.69 Å². The van der Waals surface area contributed by atoms with E-state index >= 15 is 0 Å². The molecule has 0 saturated heterocycles. The third-order valence-corrected chi connectivity index (χ3v) is 4.06. The molecule has 0 fully saturated rings. The van der Waals surface area contributed by atoms with E-state index in [-0.39, 0.29) is 12.5 Å². The lowest BCUT2D eigenvalue weighted by Gasteiger charge is -2.17. The van der Waals surface area contributed by atoms with Crippen LogP contribution < -0.4 is 10.6 Å². The molecule has 2 aromatic carbocycles. The fourth-order valence-electron chi connectivity index (χ4n) is 2.62. The van der Waals surface area contributed by atoms with Crippen molar-refractivity contribution in [3.8, 4) is 0 Å². The monoisotopic (exact) mass is 340 g/mol. The second-order valence-electron chi connectivity index (χ2n) is 5.84. The molecule has 0 heterocycles. The average molecular weight is 340 g/mol. The van der Waals surface area contributed by atoms with Crippen molar-refractivity contribution in [1.82, 2.24) is 5.32 Å². The lowest BCUT2D eigenvalue weighted by molar-refractivity contribution is -0.136. The number of hydrogen-bond donors (Lipinski definition) is 3. The topological polar surface area (TPSA) is 78.4 Å². The maximum absolute atomic E-state index is 12.1. The molecule has 0 saturated carbocycles. The minimum absolute atomic E-state index is 0.0193. The van der Waals surface area contributed by atoms with Crippen LogP contribution in [-0.2, 0) is 16.0 Å². The quantitative estimate of drug-likeness (QED) is 0.678.